The van der Waals surface area contributed by atoms with Crippen LogP contribution >= 0.6 is 0 Å². The number of hydrogen-bond donors (Lipinski definition) is 2. The molecule has 1 aromatic rings. The lowest BCUT2D eigenvalue weighted by atomic mass is 10.0. The Morgan fingerprint density at radius 3 is 2.29 bits per heavy atom. The van der Waals surface area contributed by atoms with Crippen LogP contribution in [0.25, 0.3) is 0 Å². The van der Waals surface area contributed by atoms with Crippen LogP contribution in [-0.4, -0.2) is 50.4 Å². The summed E-state index contributed by atoms with van der Waals surface area (Å²) >= 11 is 0. The van der Waals surface area contributed by atoms with Crippen LogP contribution in [0.3, 0.4) is 0 Å². The molecule has 0 radical (unpaired) electrons. The van der Waals surface area contributed by atoms with E-state index >= 15 is 0 Å². The molecule has 2 N–H and O–H groups in total. The fourth-order valence-corrected chi connectivity index (χ4v) is 4.33. The predicted octanol–water partition coefficient (Wildman–Crippen LogP) is 1.10. The van der Waals surface area contributed by atoms with Crippen LogP contribution in [0.15, 0.2) is 35.2 Å². The molecule has 2 aliphatic rings. The molecule has 2 fully saturated rings. The van der Waals surface area contributed by atoms with Gasteiger partial charge >= 0.3 is 0 Å². The lowest BCUT2D eigenvalue weighted by Crippen LogP contribution is -2.51. The third-order valence-electron chi connectivity index (χ3n) is 4.76. The second kappa shape index (κ2) is 7.21. The van der Waals surface area contributed by atoms with Gasteiger partial charge in [0.2, 0.25) is 15.9 Å². The number of piperidine rings is 1. The first kappa shape index (κ1) is 17.4. The summed E-state index contributed by atoms with van der Waals surface area (Å²) in [4.78, 5) is 14.5. The number of nitrogens with zero attached hydrogens (tertiary/aromatic N) is 1. The molecule has 7 heteroatoms. The number of carbonyl (C=O) groups excluding carboxylic acids is 1. The number of rotatable bonds is 6. The molecule has 1 saturated carbocycles. The van der Waals surface area contributed by atoms with Crippen LogP contribution in [-0.2, 0) is 14.8 Å². The molecule has 1 aromatic carbocycles. The lowest BCUT2D eigenvalue weighted by molar-refractivity contribution is -0.126. The van der Waals surface area contributed by atoms with Gasteiger partial charge in [-0.05, 0) is 44.7 Å². The van der Waals surface area contributed by atoms with Crippen molar-refractivity contribution in [2.75, 3.05) is 13.1 Å². The molecule has 1 heterocycles. The van der Waals surface area contributed by atoms with Crippen molar-refractivity contribution in [3.63, 3.8) is 0 Å². The van der Waals surface area contributed by atoms with E-state index in [2.05, 4.69) is 14.9 Å². The molecule has 3 rings (SSSR count). The van der Waals surface area contributed by atoms with Crippen LogP contribution < -0.4 is 10.0 Å². The monoisotopic (exact) mass is 351 g/mol. The molecule has 24 heavy (non-hydrogen) atoms. The quantitative estimate of drug-likeness (QED) is 0.804. The van der Waals surface area contributed by atoms with Crippen LogP contribution in [0.2, 0.25) is 0 Å². The van der Waals surface area contributed by atoms with Crippen molar-refractivity contribution in [1.82, 2.24) is 14.9 Å². The summed E-state index contributed by atoms with van der Waals surface area (Å²) in [6, 6.07) is 8.57. The van der Waals surface area contributed by atoms with Gasteiger partial charge in [0, 0.05) is 25.2 Å². The van der Waals surface area contributed by atoms with Gasteiger partial charge in [-0.3, -0.25) is 9.69 Å². The van der Waals surface area contributed by atoms with E-state index in [-0.39, 0.29) is 18.0 Å². The lowest BCUT2D eigenvalue weighted by Gasteiger charge is -2.35. The van der Waals surface area contributed by atoms with E-state index in [0.29, 0.717) is 23.8 Å². The van der Waals surface area contributed by atoms with Crippen molar-refractivity contribution in [2.24, 2.45) is 0 Å². The van der Waals surface area contributed by atoms with Crippen molar-refractivity contribution in [1.29, 1.82) is 0 Å². The highest BCUT2D eigenvalue weighted by atomic mass is 32.2. The summed E-state index contributed by atoms with van der Waals surface area (Å²) in [5.74, 6) is 0.0841. The number of sulfonamides is 1. The Morgan fingerprint density at radius 2 is 1.71 bits per heavy atom. The zero-order valence-electron chi connectivity index (χ0n) is 13.9. The minimum absolute atomic E-state index is 0.0786. The average Bonchev–Trinajstić information content (AvgIpc) is 3.39. The molecule has 6 nitrogen and oxygen atoms in total. The standard InChI is InChI=1S/C17H25N3O3S/c1-13(17(21)18-14-7-8-14)20-11-9-15(10-12-20)19-24(22,23)16-5-3-2-4-6-16/h2-6,13-15,19H,7-12H2,1H3,(H,18,21). The van der Waals surface area contributed by atoms with Gasteiger partial charge < -0.3 is 5.32 Å². The Morgan fingerprint density at radius 1 is 1.08 bits per heavy atom. The number of carbonyl (C=O) groups is 1. The van der Waals surface area contributed by atoms with Gasteiger partial charge in [-0.2, -0.15) is 0 Å². The van der Waals surface area contributed by atoms with E-state index in [1.165, 1.54) is 0 Å². The summed E-state index contributed by atoms with van der Waals surface area (Å²) in [6.45, 7) is 3.37. The summed E-state index contributed by atoms with van der Waals surface area (Å²) in [6.07, 6.45) is 3.60. The van der Waals surface area contributed by atoms with Gasteiger partial charge in [0.1, 0.15) is 0 Å². The van der Waals surface area contributed by atoms with E-state index in [0.717, 1.165) is 25.9 Å². The molecule has 0 spiro atoms. The Balaban J connectivity index is 1.50. The zero-order valence-corrected chi connectivity index (χ0v) is 14.8. The highest BCUT2D eigenvalue weighted by Gasteiger charge is 2.31. The third-order valence-corrected chi connectivity index (χ3v) is 6.29. The Labute approximate surface area is 143 Å². The first-order valence-corrected chi connectivity index (χ1v) is 10.1. The average molecular weight is 351 g/mol. The minimum Gasteiger partial charge on any atom is -0.352 e. The van der Waals surface area contributed by atoms with Crippen molar-refractivity contribution in [2.45, 2.75) is 55.6 Å². The first-order valence-electron chi connectivity index (χ1n) is 8.57. The molecule has 1 saturated heterocycles. The van der Waals surface area contributed by atoms with E-state index in [9.17, 15) is 13.2 Å². The molecule has 1 unspecified atom stereocenters. The third kappa shape index (κ3) is 4.34. The SMILES string of the molecule is CC(C(=O)NC1CC1)N1CCC(NS(=O)(=O)c2ccccc2)CC1. The van der Waals surface area contributed by atoms with Gasteiger partial charge in [0.25, 0.3) is 0 Å². The van der Waals surface area contributed by atoms with Gasteiger partial charge in [0.05, 0.1) is 10.9 Å². The minimum atomic E-state index is -3.47. The number of benzene rings is 1. The van der Waals surface area contributed by atoms with E-state index < -0.39 is 10.0 Å². The van der Waals surface area contributed by atoms with Crippen LogP contribution in [0.4, 0.5) is 0 Å². The highest BCUT2D eigenvalue weighted by Crippen LogP contribution is 2.20. The Hall–Kier alpha value is -1.44. The molecule has 1 amide bonds. The smallest absolute Gasteiger partial charge is 0.240 e. The molecular weight excluding hydrogens is 326 g/mol. The highest BCUT2D eigenvalue weighted by molar-refractivity contribution is 7.89. The molecule has 0 aromatic heterocycles. The normalized spacial score (nSPS) is 21.4. The van der Waals surface area contributed by atoms with Crippen LogP contribution in [0.1, 0.15) is 32.6 Å². The van der Waals surface area contributed by atoms with E-state index in [1.807, 2.05) is 6.92 Å². The maximum Gasteiger partial charge on any atom is 0.240 e. The summed E-state index contributed by atoms with van der Waals surface area (Å²) < 4.78 is 27.5. The van der Waals surface area contributed by atoms with Gasteiger partial charge in [-0.25, -0.2) is 13.1 Å². The fraction of sp³-hybridized carbons (Fsp3) is 0.588. The second-order valence-electron chi connectivity index (χ2n) is 6.70. The Bertz CT molecular complexity index is 666. The molecule has 0 bridgehead atoms. The summed E-state index contributed by atoms with van der Waals surface area (Å²) in [7, 11) is -3.47. The van der Waals surface area contributed by atoms with Crippen LogP contribution in [0, 0.1) is 0 Å². The van der Waals surface area contributed by atoms with Crippen molar-refractivity contribution < 1.29 is 13.2 Å². The summed E-state index contributed by atoms with van der Waals surface area (Å²) in [5, 5.41) is 3.03. The predicted molar refractivity (Wildman–Crippen MR) is 92.0 cm³/mol. The van der Waals surface area contributed by atoms with Crippen molar-refractivity contribution >= 4 is 15.9 Å². The Kier molecular flexibility index (Phi) is 5.22. The molecular formula is C17H25N3O3S. The van der Waals surface area contributed by atoms with Crippen molar-refractivity contribution in [3.8, 4) is 0 Å². The topological polar surface area (TPSA) is 78.5 Å². The number of amides is 1. The van der Waals surface area contributed by atoms with Gasteiger partial charge in [-0.1, -0.05) is 18.2 Å². The molecule has 1 aliphatic heterocycles. The molecule has 132 valence electrons. The number of nitrogens with one attached hydrogen (secondary N) is 2. The van der Waals surface area contributed by atoms with Gasteiger partial charge in [-0.15, -0.1) is 0 Å². The fourth-order valence-electron chi connectivity index (χ4n) is 3.01. The van der Waals surface area contributed by atoms with Crippen molar-refractivity contribution in [3.05, 3.63) is 30.3 Å². The maximum absolute atomic E-state index is 12.4. The first-order chi connectivity index (χ1) is 11.5. The summed E-state index contributed by atoms with van der Waals surface area (Å²) in [5.41, 5.74) is 0. The largest absolute Gasteiger partial charge is 0.352 e. The number of likely N-dealkylation sites (tertiary alicyclic amines) is 1. The maximum atomic E-state index is 12.4. The van der Waals surface area contributed by atoms with E-state index in [4.69, 9.17) is 0 Å². The van der Waals surface area contributed by atoms with Crippen LogP contribution in [0.5, 0.6) is 0 Å². The van der Waals surface area contributed by atoms with Gasteiger partial charge in [0.15, 0.2) is 0 Å². The number of hydrogen-bond acceptors (Lipinski definition) is 4. The zero-order chi connectivity index (χ0) is 17.2. The second-order valence-corrected chi connectivity index (χ2v) is 8.42. The molecule has 1 aliphatic carbocycles. The molecule has 1 atom stereocenters. The van der Waals surface area contributed by atoms with E-state index in [1.54, 1.807) is 30.3 Å².